The molecule has 0 amide bonds. The highest BCUT2D eigenvalue weighted by Crippen LogP contribution is 2.31. The van der Waals surface area contributed by atoms with E-state index in [1.54, 1.807) is 29.4 Å². The minimum absolute atomic E-state index is 0.00555. The maximum Gasteiger partial charge on any atom is 0.235 e. The fraction of sp³-hybridized carbons (Fsp3) is 0.267. The van der Waals surface area contributed by atoms with Crippen LogP contribution in [0.4, 0.5) is 5.69 Å². The number of nitrogens with two attached hydrogens (primary N) is 1. The van der Waals surface area contributed by atoms with Crippen LogP contribution in [0.25, 0.3) is 16.9 Å². The summed E-state index contributed by atoms with van der Waals surface area (Å²) >= 11 is 0. The van der Waals surface area contributed by atoms with Crippen LogP contribution in [0.2, 0.25) is 0 Å². The van der Waals surface area contributed by atoms with Gasteiger partial charge < -0.3 is 20.7 Å². The van der Waals surface area contributed by atoms with Gasteiger partial charge in [0.15, 0.2) is 0 Å². The molecule has 23 heavy (non-hydrogen) atoms. The molecule has 0 radical (unpaired) electrons. The molecule has 8 nitrogen and oxygen atoms in total. The lowest BCUT2D eigenvalue weighted by atomic mass is 10.1. The van der Waals surface area contributed by atoms with Gasteiger partial charge >= 0.3 is 0 Å². The number of fused-ring (bicyclic) bond motifs is 1. The Morgan fingerprint density at radius 2 is 2.09 bits per heavy atom. The van der Waals surface area contributed by atoms with Gasteiger partial charge in [0.1, 0.15) is 12.1 Å². The number of phenols is 1. The molecule has 3 rings (SSSR count). The van der Waals surface area contributed by atoms with Crippen LogP contribution in [-0.4, -0.2) is 49.6 Å². The van der Waals surface area contributed by atoms with E-state index in [1.807, 2.05) is 0 Å². The Bertz CT molecular complexity index is 804. The van der Waals surface area contributed by atoms with Crippen molar-refractivity contribution >= 4 is 16.6 Å². The fourth-order valence-electron chi connectivity index (χ4n) is 2.31. The molecule has 8 heteroatoms. The summed E-state index contributed by atoms with van der Waals surface area (Å²) in [5, 5.41) is 19.2. The molecular weight excluding hydrogens is 298 g/mol. The molecule has 120 valence electrons. The maximum atomic E-state index is 9.84. The quantitative estimate of drug-likeness (QED) is 0.347. The van der Waals surface area contributed by atoms with Crippen molar-refractivity contribution in [3.8, 4) is 11.7 Å². The first kappa shape index (κ1) is 15.2. The lowest BCUT2D eigenvalue weighted by molar-refractivity contribution is 0.0942. The first-order valence-electron chi connectivity index (χ1n) is 7.15. The van der Waals surface area contributed by atoms with Gasteiger partial charge in [-0.2, -0.15) is 0 Å². The highest BCUT2D eigenvalue weighted by Gasteiger charge is 2.14. The van der Waals surface area contributed by atoms with Crippen molar-refractivity contribution in [1.29, 1.82) is 0 Å². The average molecular weight is 315 g/mol. The number of anilines is 1. The summed E-state index contributed by atoms with van der Waals surface area (Å²) in [5.74, 6) is 0.464. The molecule has 4 N–H and O–H groups in total. The van der Waals surface area contributed by atoms with Gasteiger partial charge in [-0.15, -0.1) is 0 Å². The predicted molar refractivity (Wildman–Crippen MR) is 84.3 cm³/mol. The molecule has 0 saturated carbocycles. The van der Waals surface area contributed by atoms with E-state index in [4.69, 9.17) is 15.6 Å². The lowest BCUT2D eigenvalue weighted by Gasteiger charge is -2.12. The molecular formula is C15H17N5O3. The average Bonchev–Trinajstić information content (AvgIpc) is 3.09. The molecule has 2 heterocycles. The summed E-state index contributed by atoms with van der Waals surface area (Å²) in [5.41, 5.74) is 7.54. The molecule has 2 aromatic heterocycles. The van der Waals surface area contributed by atoms with E-state index in [0.717, 1.165) is 0 Å². The van der Waals surface area contributed by atoms with Crippen molar-refractivity contribution in [2.45, 2.75) is 6.42 Å². The predicted octanol–water partition coefficient (Wildman–Crippen LogP) is 0.655. The third kappa shape index (κ3) is 3.08. The largest absolute Gasteiger partial charge is 0.506 e. The molecule has 1 aromatic carbocycles. The van der Waals surface area contributed by atoms with Gasteiger partial charge in [0, 0.05) is 24.2 Å². The lowest BCUT2D eigenvalue weighted by Crippen LogP contribution is -2.09. The number of hydrogen-bond acceptors (Lipinski definition) is 7. The van der Waals surface area contributed by atoms with Gasteiger partial charge in [-0.1, -0.05) is 0 Å². The monoisotopic (exact) mass is 315 g/mol. The number of aliphatic hydroxyl groups excluding tert-OH is 1. The van der Waals surface area contributed by atoms with Crippen LogP contribution < -0.4 is 5.73 Å². The highest BCUT2D eigenvalue weighted by atomic mass is 16.5. The van der Waals surface area contributed by atoms with E-state index in [0.29, 0.717) is 35.6 Å². The van der Waals surface area contributed by atoms with Crippen molar-refractivity contribution in [3.63, 3.8) is 0 Å². The van der Waals surface area contributed by atoms with Crippen molar-refractivity contribution in [3.05, 3.63) is 36.5 Å². The van der Waals surface area contributed by atoms with Crippen LogP contribution in [-0.2, 0) is 11.2 Å². The minimum atomic E-state index is -0.0340. The van der Waals surface area contributed by atoms with Gasteiger partial charge in [-0.3, -0.25) is 4.57 Å². The van der Waals surface area contributed by atoms with Crippen LogP contribution in [0.15, 0.2) is 30.9 Å². The van der Waals surface area contributed by atoms with Gasteiger partial charge in [0.05, 0.1) is 36.7 Å². The number of nitrogen functional groups attached to an aromatic ring is 1. The van der Waals surface area contributed by atoms with E-state index in [2.05, 4.69) is 15.0 Å². The maximum absolute atomic E-state index is 9.84. The molecule has 0 saturated heterocycles. The van der Waals surface area contributed by atoms with Gasteiger partial charge in [0.25, 0.3) is 0 Å². The van der Waals surface area contributed by atoms with Crippen molar-refractivity contribution in [2.24, 2.45) is 0 Å². The van der Waals surface area contributed by atoms with Gasteiger partial charge in [-0.25, -0.2) is 15.0 Å². The van der Waals surface area contributed by atoms with E-state index in [1.165, 1.54) is 6.07 Å². The summed E-state index contributed by atoms with van der Waals surface area (Å²) in [4.78, 5) is 13.0. The van der Waals surface area contributed by atoms with Crippen LogP contribution in [0.5, 0.6) is 5.75 Å². The number of aromatic hydroxyl groups is 1. The zero-order chi connectivity index (χ0) is 16.2. The SMILES string of the molecule is Nc1c(O)ccc2nc(-n3ccnc3)nc(CCOCCO)c12. The first-order valence-corrected chi connectivity index (χ1v) is 7.15. The van der Waals surface area contributed by atoms with Crippen LogP contribution in [0.3, 0.4) is 0 Å². The standard InChI is InChI=1S/C15H17N5O3/c16-14-12(22)2-1-10-13(14)11(3-7-23-8-6-21)19-15(18-10)20-5-4-17-9-20/h1-2,4-5,9,21-22H,3,6-8,16H2. The molecule has 0 aliphatic rings. The summed E-state index contributed by atoms with van der Waals surface area (Å²) < 4.78 is 7.00. The van der Waals surface area contributed by atoms with Gasteiger partial charge in [-0.05, 0) is 12.1 Å². The second-order valence-corrected chi connectivity index (χ2v) is 4.92. The van der Waals surface area contributed by atoms with Crippen LogP contribution in [0.1, 0.15) is 5.69 Å². The Kier molecular flexibility index (Phi) is 4.35. The van der Waals surface area contributed by atoms with Crippen molar-refractivity contribution in [2.75, 3.05) is 25.6 Å². The molecule has 0 atom stereocenters. The Balaban J connectivity index is 2.06. The first-order chi connectivity index (χ1) is 11.2. The number of hydrogen-bond donors (Lipinski definition) is 3. The van der Waals surface area contributed by atoms with E-state index in [-0.39, 0.29) is 24.7 Å². The number of benzene rings is 1. The second-order valence-electron chi connectivity index (χ2n) is 4.92. The van der Waals surface area contributed by atoms with Crippen molar-refractivity contribution < 1.29 is 14.9 Å². The summed E-state index contributed by atoms with van der Waals surface area (Å²) in [6, 6.07) is 3.20. The topological polar surface area (TPSA) is 119 Å². The van der Waals surface area contributed by atoms with Gasteiger partial charge in [0.2, 0.25) is 5.95 Å². The Morgan fingerprint density at radius 1 is 1.22 bits per heavy atom. The Morgan fingerprint density at radius 3 is 2.83 bits per heavy atom. The molecule has 3 aromatic rings. The number of ether oxygens (including phenoxy) is 1. The van der Waals surface area contributed by atoms with Crippen LogP contribution in [0, 0.1) is 0 Å². The summed E-state index contributed by atoms with van der Waals surface area (Å²) in [6.45, 7) is 0.608. The Hall–Kier alpha value is -2.71. The normalized spacial score (nSPS) is 11.2. The molecule has 0 fully saturated rings. The smallest absolute Gasteiger partial charge is 0.235 e. The zero-order valence-corrected chi connectivity index (χ0v) is 12.4. The molecule has 0 aliphatic carbocycles. The summed E-state index contributed by atoms with van der Waals surface area (Å²) in [6.07, 6.45) is 5.48. The van der Waals surface area contributed by atoms with E-state index >= 15 is 0 Å². The summed E-state index contributed by atoms with van der Waals surface area (Å²) in [7, 11) is 0. The highest BCUT2D eigenvalue weighted by molar-refractivity contribution is 5.95. The van der Waals surface area contributed by atoms with Crippen molar-refractivity contribution in [1.82, 2.24) is 19.5 Å². The number of rotatable bonds is 6. The second kappa shape index (κ2) is 6.59. The third-order valence-corrected chi connectivity index (χ3v) is 3.40. The molecule has 0 aliphatic heterocycles. The van der Waals surface area contributed by atoms with E-state index < -0.39 is 0 Å². The molecule has 0 bridgehead atoms. The number of phenolic OH excluding ortho intramolecular Hbond substituents is 1. The molecule has 0 spiro atoms. The minimum Gasteiger partial charge on any atom is -0.506 e. The number of aliphatic hydroxyl groups is 1. The number of aromatic nitrogens is 4. The zero-order valence-electron chi connectivity index (χ0n) is 12.4. The Labute approximate surface area is 132 Å². The third-order valence-electron chi connectivity index (χ3n) is 3.40. The molecule has 0 unspecified atom stereocenters. The number of imidazole rings is 1. The van der Waals surface area contributed by atoms with E-state index in [9.17, 15) is 5.11 Å². The number of nitrogens with zero attached hydrogens (tertiary/aromatic N) is 4. The van der Waals surface area contributed by atoms with Crippen LogP contribution >= 0.6 is 0 Å². The fourth-order valence-corrected chi connectivity index (χ4v) is 2.31.